The van der Waals surface area contributed by atoms with Crippen molar-refractivity contribution in [3.8, 4) is 5.75 Å². The number of alkyl halides is 3. The van der Waals surface area contributed by atoms with E-state index in [4.69, 9.17) is 10.5 Å². The normalized spacial score (nSPS) is 11.4. The minimum atomic E-state index is -4.47. The number of ether oxygens (including phenoxy) is 1. The fourth-order valence-electron chi connectivity index (χ4n) is 1.69. The van der Waals surface area contributed by atoms with Crippen LogP contribution in [0.4, 0.5) is 19.0 Å². The number of hydrogen-bond acceptors (Lipinski definition) is 4. The third-order valence-electron chi connectivity index (χ3n) is 2.47. The monoisotopic (exact) mass is 283 g/mol. The highest BCUT2D eigenvalue weighted by Gasteiger charge is 2.34. The van der Waals surface area contributed by atoms with Crippen molar-refractivity contribution in [1.82, 2.24) is 9.97 Å². The standard InChI is InChI=1S/C13H12F3N3O/c1-8-6-11(17)19-12(18-8)7-20-10-5-3-2-4-9(10)13(14,15)16/h2-6H,7H2,1H3,(H2,17,18,19). The van der Waals surface area contributed by atoms with Crippen molar-refractivity contribution in [3.05, 3.63) is 47.4 Å². The number of aryl methyl sites for hydroxylation is 1. The Hall–Kier alpha value is -2.31. The highest BCUT2D eigenvalue weighted by molar-refractivity contribution is 5.35. The topological polar surface area (TPSA) is 61.0 Å². The zero-order valence-corrected chi connectivity index (χ0v) is 10.6. The van der Waals surface area contributed by atoms with Crippen molar-refractivity contribution < 1.29 is 17.9 Å². The molecule has 0 aliphatic rings. The molecule has 0 radical (unpaired) electrons. The minimum Gasteiger partial charge on any atom is -0.485 e. The van der Waals surface area contributed by atoms with E-state index in [-0.39, 0.29) is 24.0 Å². The summed E-state index contributed by atoms with van der Waals surface area (Å²) < 4.78 is 43.5. The summed E-state index contributed by atoms with van der Waals surface area (Å²) >= 11 is 0. The molecular weight excluding hydrogens is 271 g/mol. The fraction of sp³-hybridized carbons (Fsp3) is 0.231. The summed E-state index contributed by atoms with van der Waals surface area (Å²) in [4.78, 5) is 7.94. The Bertz CT molecular complexity index is 594. The average Bonchev–Trinajstić information content (AvgIpc) is 2.34. The summed E-state index contributed by atoms with van der Waals surface area (Å²) in [6.45, 7) is 1.53. The molecule has 0 unspecified atom stereocenters. The van der Waals surface area contributed by atoms with Crippen molar-refractivity contribution in [1.29, 1.82) is 0 Å². The van der Waals surface area contributed by atoms with Crippen LogP contribution in [0.5, 0.6) is 5.75 Å². The molecule has 0 atom stereocenters. The van der Waals surface area contributed by atoms with Gasteiger partial charge >= 0.3 is 6.18 Å². The van der Waals surface area contributed by atoms with E-state index in [1.54, 1.807) is 13.0 Å². The number of aromatic nitrogens is 2. The Morgan fingerprint density at radius 2 is 1.90 bits per heavy atom. The van der Waals surface area contributed by atoms with Crippen LogP contribution in [0.15, 0.2) is 30.3 Å². The first-order valence-corrected chi connectivity index (χ1v) is 5.75. The third-order valence-corrected chi connectivity index (χ3v) is 2.47. The van der Waals surface area contributed by atoms with Gasteiger partial charge in [-0.15, -0.1) is 0 Å². The zero-order chi connectivity index (χ0) is 14.8. The van der Waals surface area contributed by atoms with Crippen LogP contribution in [0.25, 0.3) is 0 Å². The quantitative estimate of drug-likeness (QED) is 0.940. The number of nitrogen functional groups attached to an aromatic ring is 1. The maximum Gasteiger partial charge on any atom is 0.419 e. The summed E-state index contributed by atoms with van der Waals surface area (Å²) in [6, 6.07) is 6.54. The number of hydrogen-bond donors (Lipinski definition) is 1. The van der Waals surface area contributed by atoms with Crippen LogP contribution in [-0.2, 0) is 12.8 Å². The van der Waals surface area contributed by atoms with Crippen LogP contribution in [0.1, 0.15) is 17.1 Å². The van der Waals surface area contributed by atoms with Gasteiger partial charge < -0.3 is 10.5 Å². The first kappa shape index (κ1) is 14.1. The lowest BCUT2D eigenvalue weighted by Gasteiger charge is -2.13. The van der Waals surface area contributed by atoms with Gasteiger partial charge in [0.25, 0.3) is 0 Å². The molecule has 0 saturated heterocycles. The highest BCUT2D eigenvalue weighted by atomic mass is 19.4. The number of anilines is 1. The second-order valence-electron chi connectivity index (χ2n) is 4.13. The fourth-order valence-corrected chi connectivity index (χ4v) is 1.69. The van der Waals surface area contributed by atoms with E-state index in [0.717, 1.165) is 6.07 Å². The van der Waals surface area contributed by atoms with Gasteiger partial charge in [-0.05, 0) is 19.1 Å². The van der Waals surface area contributed by atoms with E-state index in [2.05, 4.69) is 9.97 Å². The second kappa shape index (κ2) is 5.36. The van der Waals surface area contributed by atoms with Gasteiger partial charge in [0, 0.05) is 11.8 Å². The molecule has 2 N–H and O–H groups in total. The molecule has 0 spiro atoms. The predicted molar refractivity (Wildman–Crippen MR) is 67.0 cm³/mol. The molecule has 2 aromatic rings. The molecule has 0 fully saturated rings. The molecule has 0 saturated carbocycles. The average molecular weight is 283 g/mol. The number of rotatable bonds is 3. The molecule has 20 heavy (non-hydrogen) atoms. The van der Waals surface area contributed by atoms with Crippen molar-refractivity contribution in [2.24, 2.45) is 0 Å². The van der Waals surface area contributed by atoms with Gasteiger partial charge in [0.1, 0.15) is 18.2 Å². The van der Waals surface area contributed by atoms with Crippen LogP contribution >= 0.6 is 0 Å². The highest BCUT2D eigenvalue weighted by Crippen LogP contribution is 2.36. The SMILES string of the molecule is Cc1cc(N)nc(COc2ccccc2C(F)(F)F)n1. The lowest BCUT2D eigenvalue weighted by molar-refractivity contribution is -0.139. The number of benzene rings is 1. The number of nitrogens with zero attached hydrogens (tertiary/aromatic N) is 2. The molecule has 106 valence electrons. The predicted octanol–water partition coefficient (Wildman–Crippen LogP) is 2.97. The molecule has 4 nitrogen and oxygen atoms in total. The van der Waals surface area contributed by atoms with E-state index in [1.807, 2.05) is 0 Å². The molecular formula is C13H12F3N3O. The van der Waals surface area contributed by atoms with Crippen LogP contribution in [0, 0.1) is 6.92 Å². The number of nitrogens with two attached hydrogens (primary N) is 1. The van der Waals surface area contributed by atoms with Gasteiger partial charge in [0.05, 0.1) is 5.56 Å². The van der Waals surface area contributed by atoms with E-state index >= 15 is 0 Å². The molecule has 2 rings (SSSR count). The van der Waals surface area contributed by atoms with Crippen LogP contribution in [0.2, 0.25) is 0 Å². The van der Waals surface area contributed by atoms with Gasteiger partial charge in [-0.2, -0.15) is 13.2 Å². The Balaban J connectivity index is 2.19. The number of para-hydroxylation sites is 1. The zero-order valence-electron chi connectivity index (χ0n) is 10.6. The first-order chi connectivity index (χ1) is 9.36. The smallest absolute Gasteiger partial charge is 0.419 e. The van der Waals surface area contributed by atoms with Gasteiger partial charge in [-0.3, -0.25) is 0 Å². The lowest BCUT2D eigenvalue weighted by atomic mass is 10.2. The van der Waals surface area contributed by atoms with Gasteiger partial charge in [-0.25, -0.2) is 9.97 Å². The van der Waals surface area contributed by atoms with Crippen LogP contribution in [-0.4, -0.2) is 9.97 Å². The van der Waals surface area contributed by atoms with E-state index in [1.165, 1.54) is 18.2 Å². The van der Waals surface area contributed by atoms with Crippen LogP contribution < -0.4 is 10.5 Å². The molecule has 7 heteroatoms. The third kappa shape index (κ3) is 3.37. The van der Waals surface area contributed by atoms with E-state index in [9.17, 15) is 13.2 Å². The molecule has 0 amide bonds. The molecule has 0 bridgehead atoms. The molecule has 1 aromatic heterocycles. The van der Waals surface area contributed by atoms with Gasteiger partial charge in [-0.1, -0.05) is 12.1 Å². The summed E-state index contributed by atoms with van der Waals surface area (Å²) in [7, 11) is 0. The van der Waals surface area contributed by atoms with E-state index in [0.29, 0.717) is 5.69 Å². The Morgan fingerprint density at radius 1 is 1.20 bits per heavy atom. The summed E-state index contributed by atoms with van der Waals surface area (Å²) in [5, 5.41) is 0. The summed E-state index contributed by atoms with van der Waals surface area (Å²) in [5.41, 5.74) is 5.33. The number of halogens is 3. The Labute approximate surface area is 113 Å². The van der Waals surface area contributed by atoms with Crippen molar-refractivity contribution >= 4 is 5.82 Å². The van der Waals surface area contributed by atoms with Crippen LogP contribution in [0.3, 0.4) is 0 Å². The molecule has 0 aliphatic heterocycles. The Kier molecular flexibility index (Phi) is 3.78. The van der Waals surface area contributed by atoms with Gasteiger partial charge in [0.2, 0.25) is 0 Å². The maximum atomic E-state index is 12.8. The van der Waals surface area contributed by atoms with Crippen molar-refractivity contribution in [2.75, 3.05) is 5.73 Å². The van der Waals surface area contributed by atoms with Crippen molar-refractivity contribution in [3.63, 3.8) is 0 Å². The molecule has 1 aromatic carbocycles. The Morgan fingerprint density at radius 3 is 2.55 bits per heavy atom. The second-order valence-corrected chi connectivity index (χ2v) is 4.13. The summed E-state index contributed by atoms with van der Waals surface area (Å²) in [5.74, 6) is 0.225. The summed E-state index contributed by atoms with van der Waals surface area (Å²) in [6.07, 6.45) is -4.47. The first-order valence-electron chi connectivity index (χ1n) is 5.75. The minimum absolute atomic E-state index is 0.182. The maximum absolute atomic E-state index is 12.8. The van der Waals surface area contributed by atoms with E-state index < -0.39 is 11.7 Å². The van der Waals surface area contributed by atoms with Gasteiger partial charge in [0.15, 0.2) is 5.82 Å². The largest absolute Gasteiger partial charge is 0.485 e. The molecule has 1 heterocycles. The van der Waals surface area contributed by atoms with Crippen molar-refractivity contribution in [2.45, 2.75) is 19.7 Å². The lowest BCUT2D eigenvalue weighted by Crippen LogP contribution is -2.10. The molecule has 0 aliphatic carbocycles.